The van der Waals surface area contributed by atoms with Gasteiger partial charge in [0.1, 0.15) is 0 Å². The molecule has 1 atom stereocenters. The van der Waals surface area contributed by atoms with Crippen LogP contribution in [0.3, 0.4) is 0 Å². The first-order valence-corrected chi connectivity index (χ1v) is 6.28. The minimum atomic E-state index is -3.66. The molecule has 0 bridgehead atoms. The van der Waals surface area contributed by atoms with E-state index in [0.29, 0.717) is 12.8 Å². The lowest BCUT2D eigenvalue weighted by Crippen LogP contribution is -2.38. The first-order valence-electron chi connectivity index (χ1n) is 4.62. The van der Waals surface area contributed by atoms with Crippen LogP contribution < -0.4 is 4.72 Å². The Morgan fingerprint density at radius 2 is 2.13 bits per heavy atom. The van der Waals surface area contributed by atoms with E-state index in [4.69, 9.17) is 5.11 Å². The number of rotatable bonds is 7. The summed E-state index contributed by atoms with van der Waals surface area (Å²) in [6, 6.07) is -0.343. The van der Waals surface area contributed by atoms with E-state index in [-0.39, 0.29) is 12.6 Å². The maximum absolute atomic E-state index is 11.4. The third-order valence-electron chi connectivity index (χ3n) is 1.85. The quantitative estimate of drug-likeness (QED) is 0.570. The molecular weight excluding hydrogens is 222 g/mol. The highest BCUT2D eigenvalue weighted by Gasteiger charge is 2.20. The van der Waals surface area contributed by atoms with Crippen molar-refractivity contribution in [2.24, 2.45) is 0 Å². The molecule has 0 fully saturated rings. The Balaban J connectivity index is 4.28. The molecule has 0 heterocycles. The van der Waals surface area contributed by atoms with E-state index in [1.54, 1.807) is 6.92 Å². The molecule has 2 N–H and O–H groups in total. The van der Waals surface area contributed by atoms with Crippen molar-refractivity contribution in [3.8, 4) is 0 Å². The van der Waals surface area contributed by atoms with Crippen LogP contribution in [0.4, 0.5) is 0 Å². The molecule has 0 aliphatic heterocycles. The van der Waals surface area contributed by atoms with Crippen molar-refractivity contribution < 1.29 is 23.1 Å². The molecule has 0 aromatic rings. The van der Waals surface area contributed by atoms with Crippen molar-refractivity contribution in [3.05, 3.63) is 0 Å². The van der Waals surface area contributed by atoms with Crippen molar-refractivity contribution in [1.29, 1.82) is 0 Å². The van der Waals surface area contributed by atoms with Crippen LogP contribution >= 0.6 is 0 Å². The minimum Gasteiger partial charge on any atom is -0.468 e. The van der Waals surface area contributed by atoms with Gasteiger partial charge in [-0.2, -0.15) is 0 Å². The topological polar surface area (TPSA) is 92.7 Å². The smallest absolute Gasteiger partial charge is 0.322 e. The summed E-state index contributed by atoms with van der Waals surface area (Å²) in [5.74, 6) is -1.49. The number of methoxy groups -OCH3 is 1. The highest BCUT2D eigenvalue weighted by atomic mass is 32.2. The fourth-order valence-corrected chi connectivity index (χ4v) is 2.32. The molecular formula is C8H17NO5S. The van der Waals surface area contributed by atoms with Gasteiger partial charge in [0.2, 0.25) is 10.0 Å². The minimum absolute atomic E-state index is 0.0980. The molecule has 15 heavy (non-hydrogen) atoms. The van der Waals surface area contributed by atoms with Crippen LogP contribution in [0.25, 0.3) is 0 Å². The zero-order chi connectivity index (χ0) is 11.9. The number of aliphatic hydroxyl groups excluding tert-OH is 1. The normalized spacial score (nSPS) is 13.5. The van der Waals surface area contributed by atoms with E-state index >= 15 is 0 Å². The Kier molecular flexibility index (Phi) is 6.46. The number of carbonyl (C=O) groups excluding carboxylic acids is 1. The Labute approximate surface area is 89.7 Å². The number of hydrogen-bond acceptors (Lipinski definition) is 5. The van der Waals surface area contributed by atoms with Gasteiger partial charge in [-0.15, -0.1) is 0 Å². The first-order chi connectivity index (χ1) is 6.95. The highest BCUT2D eigenvalue weighted by molar-refractivity contribution is 7.90. The van der Waals surface area contributed by atoms with Crippen LogP contribution in [0, 0.1) is 0 Å². The summed E-state index contributed by atoms with van der Waals surface area (Å²) in [6.45, 7) is 1.69. The fourth-order valence-electron chi connectivity index (χ4n) is 1.01. The summed E-state index contributed by atoms with van der Waals surface area (Å²) in [6.07, 6.45) is 0.887. The lowest BCUT2D eigenvalue weighted by molar-refractivity contribution is -0.137. The number of hydrogen-bond donors (Lipinski definition) is 2. The lowest BCUT2D eigenvalue weighted by atomic mass is 10.2. The van der Waals surface area contributed by atoms with Crippen LogP contribution in [0.1, 0.15) is 19.8 Å². The van der Waals surface area contributed by atoms with Gasteiger partial charge in [-0.1, -0.05) is 6.92 Å². The maximum atomic E-state index is 11.4. The van der Waals surface area contributed by atoms with E-state index in [1.165, 1.54) is 0 Å². The van der Waals surface area contributed by atoms with Crippen LogP contribution in [-0.4, -0.2) is 45.0 Å². The summed E-state index contributed by atoms with van der Waals surface area (Å²) >= 11 is 0. The van der Waals surface area contributed by atoms with Crippen molar-refractivity contribution in [3.63, 3.8) is 0 Å². The van der Waals surface area contributed by atoms with Gasteiger partial charge in [-0.25, -0.2) is 13.1 Å². The maximum Gasteiger partial charge on any atom is 0.322 e. The largest absolute Gasteiger partial charge is 0.468 e. The van der Waals surface area contributed by atoms with Crippen LogP contribution in [-0.2, 0) is 19.6 Å². The SMILES string of the molecule is CCC(CCO)NS(=O)(=O)CC(=O)OC. The summed E-state index contributed by atoms with van der Waals surface area (Å²) < 4.78 is 29.3. The number of carbonyl (C=O) groups is 1. The third-order valence-corrected chi connectivity index (χ3v) is 3.16. The van der Waals surface area contributed by atoms with Gasteiger partial charge in [0.05, 0.1) is 7.11 Å². The monoisotopic (exact) mass is 239 g/mol. The fraction of sp³-hybridized carbons (Fsp3) is 0.875. The van der Waals surface area contributed by atoms with Crippen LogP contribution in [0.15, 0.2) is 0 Å². The van der Waals surface area contributed by atoms with Gasteiger partial charge in [-0.3, -0.25) is 4.79 Å². The summed E-state index contributed by atoms with van der Waals surface area (Å²) in [5, 5.41) is 8.67. The van der Waals surface area contributed by atoms with E-state index in [9.17, 15) is 13.2 Å². The van der Waals surface area contributed by atoms with E-state index in [1.807, 2.05) is 0 Å². The standard InChI is InChI=1S/C8H17NO5S/c1-3-7(4-5-10)9-15(12,13)6-8(11)14-2/h7,9-10H,3-6H2,1-2H3. The Hall–Kier alpha value is -0.660. The van der Waals surface area contributed by atoms with Gasteiger partial charge < -0.3 is 9.84 Å². The number of esters is 1. The molecule has 0 aromatic carbocycles. The zero-order valence-corrected chi connectivity index (χ0v) is 9.71. The average Bonchev–Trinajstić information content (AvgIpc) is 2.15. The molecule has 0 spiro atoms. The van der Waals surface area contributed by atoms with Crippen molar-refractivity contribution in [2.75, 3.05) is 19.5 Å². The molecule has 6 nitrogen and oxygen atoms in total. The molecule has 0 radical (unpaired) electrons. The molecule has 0 saturated carbocycles. The second kappa shape index (κ2) is 6.76. The van der Waals surface area contributed by atoms with E-state index in [0.717, 1.165) is 7.11 Å². The van der Waals surface area contributed by atoms with Gasteiger partial charge >= 0.3 is 5.97 Å². The molecule has 7 heteroatoms. The highest BCUT2D eigenvalue weighted by Crippen LogP contribution is 2.00. The van der Waals surface area contributed by atoms with Crippen molar-refractivity contribution >= 4 is 16.0 Å². The average molecular weight is 239 g/mol. The molecule has 0 aromatic heterocycles. The first kappa shape index (κ1) is 14.3. The Morgan fingerprint density at radius 3 is 2.53 bits per heavy atom. The molecule has 0 amide bonds. The molecule has 0 rings (SSSR count). The number of aliphatic hydroxyl groups is 1. The third kappa shape index (κ3) is 6.43. The van der Waals surface area contributed by atoms with Gasteiger partial charge in [0.15, 0.2) is 5.75 Å². The predicted octanol–water partition coefficient (Wildman–Crippen LogP) is -0.760. The zero-order valence-electron chi connectivity index (χ0n) is 8.89. The van der Waals surface area contributed by atoms with Gasteiger partial charge in [-0.05, 0) is 12.8 Å². The van der Waals surface area contributed by atoms with Gasteiger partial charge in [0.25, 0.3) is 0 Å². The molecule has 0 aliphatic rings. The van der Waals surface area contributed by atoms with E-state index < -0.39 is 21.7 Å². The molecule has 1 unspecified atom stereocenters. The van der Waals surface area contributed by atoms with Crippen molar-refractivity contribution in [1.82, 2.24) is 4.72 Å². The second-order valence-electron chi connectivity index (χ2n) is 3.07. The molecule has 90 valence electrons. The van der Waals surface area contributed by atoms with Crippen molar-refractivity contribution in [2.45, 2.75) is 25.8 Å². The van der Waals surface area contributed by atoms with E-state index in [2.05, 4.69) is 9.46 Å². The number of nitrogens with one attached hydrogen (secondary N) is 1. The molecule has 0 aliphatic carbocycles. The van der Waals surface area contributed by atoms with Crippen LogP contribution in [0.5, 0.6) is 0 Å². The lowest BCUT2D eigenvalue weighted by Gasteiger charge is -2.14. The van der Waals surface area contributed by atoms with Gasteiger partial charge in [0, 0.05) is 12.6 Å². The second-order valence-corrected chi connectivity index (χ2v) is 4.82. The Bertz CT molecular complexity index is 287. The number of sulfonamides is 1. The summed E-state index contributed by atoms with van der Waals surface area (Å²) in [7, 11) is -2.53. The van der Waals surface area contributed by atoms with Crippen LogP contribution in [0.2, 0.25) is 0 Å². The molecule has 0 saturated heterocycles. The summed E-state index contributed by atoms with van der Waals surface area (Å²) in [4.78, 5) is 10.8. The summed E-state index contributed by atoms with van der Waals surface area (Å²) in [5.41, 5.74) is 0. The number of ether oxygens (including phenoxy) is 1. The Morgan fingerprint density at radius 1 is 1.53 bits per heavy atom. The predicted molar refractivity (Wildman–Crippen MR) is 54.7 cm³/mol.